The van der Waals surface area contributed by atoms with Crippen LogP contribution in [0.4, 0.5) is 0 Å². The zero-order valence-electron chi connectivity index (χ0n) is 33.0. The first-order valence-electron chi connectivity index (χ1n) is 21.2. The summed E-state index contributed by atoms with van der Waals surface area (Å²) < 4.78 is 7.78. The lowest BCUT2D eigenvalue weighted by Crippen LogP contribution is -3.00. The van der Waals surface area contributed by atoms with Crippen LogP contribution in [-0.4, -0.2) is 69.1 Å². The Hall–Kier alpha value is -0.930. The van der Waals surface area contributed by atoms with Gasteiger partial charge >= 0.3 is 11.8 Å². The fraction of sp³-hybridized carbons (Fsp3) is 0.837. The van der Waals surface area contributed by atoms with Crippen molar-refractivity contribution in [1.82, 2.24) is 4.90 Å². The third-order valence-corrected chi connectivity index (χ3v) is 10.9. The number of esters is 1. The fourth-order valence-electron chi connectivity index (χ4n) is 6.72. The van der Waals surface area contributed by atoms with E-state index in [0.29, 0.717) is 44.9 Å². The third-order valence-electron chi connectivity index (χ3n) is 9.80. The first kappa shape index (κ1) is 50.1. The molecule has 6 nitrogen and oxygen atoms in total. The lowest BCUT2D eigenvalue weighted by molar-refractivity contribution is -0.519. The summed E-state index contributed by atoms with van der Waals surface area (Å²) in [5.41, 5.74) is 0. The van der Waals surface area contributed by atoms with Gasteiger partial charge in [0.2, 0.25) is 5.78 Å². The molecule has 0 spiro atoms. The van der Waals surface area contributed by atoms with E-state index >= 15 is 0 Å². The van der Waals surface area contributed by atoms with Crippen molar-refractivity contribution in [3.8, 4) is 0 Å². The smallest absolute Gasteiger partial charge is 0.317 e. The standard InChI is InChI=1S/C43H78IN2O4.ClH/c1-3-5-7-9-11-13-15-17-19-21-23-25-27-29-31-33-40(48)43-45(39-41(44)46(43)35-37-47)36-38-50-42(49)34-32-30-28-26-24-22-20-18-16-14-12-10-8-6-4-2;/h17-20,41,47H,3-16,21-39H2,1-2H3;1H/q+1;/p-1. The predicted octanol–water partition coefficient (Wildman–Crippen LogP) is 8.66. The zero-order valence-corrected chi connectivity index (χ0v) is 36.0. The van der Waals surface area contributed by atoms with Gasteiger partial charge in [-0.3, -0.25) is 14.2 Å². The first-order valence-corrected chi connectivity index (χ1v) is 22.4. The van der Waals surface area contributed by atoms with E-state index in [1.807, 2.05) is 4.90 Å². The summed E-state index contributed by atoms with van der Waals surface area (Å²) in [6.45, 7) is 6.53. The SMILES string of the molecule is CCCCCCCCC=CCCCCCCCC(=O)OCC[N+]1=C(C(=O)CCCCCCCC=CCCCCCCCC)N(CCO)C(I)C1.[Cl-]. The number of unbranched alkanes of at least 4 members (excludes halogenated alkanes) is 22. The van der Waals surface area contributed by atoms with E-state index in [1.165, 1.54) is 135 Å². The molecule has 0 aliphatic carbocycles. The summed E-state index contributed by atoms with van der Waals surface area (Å²) in [4.78, 5) is 27.8. The number of halogens is 2. The van der Waals surface area contributed by atoms with Crippen LogP contribution in [0, 0.1) is 0 Å². The molecule has 8 heteroatoms. The number of β-amino-alcohol motifs (C(OH)–C–C–N with tert-alkyl or cyclic N) is 1. The minimum Gasteiger partial charge on any atom is -1.00 e. The molecule has 51 heavy (non-hydrogen) atoms. The number of Topliss-reactive ketones (excluding diaryl/α,β-unsaturated/α-hetero) is 1. The van der Waals surface area contributed by atoms with Crippen LogP contribution in [0.5, 0.6) is 0 Å². The van der Waals surface area contributed by atoms with E-state index in [1.54, 1.807) is 0 Å². The van der Waals surface area contributed by atoms with Crippen molar-refractivity contribution in [2.24, 2.45) is 0 Å². The molecule has 0 fully saturated rings. The maximum absolute atomic E-state index is 13.4. The molecule has 1 aliphatic heterocycles. The molecule has 1 heterocycles. The minimum atomic E-state index is -0.138. The monoisotopic (exact) mass is 848 g/mol. The average Bonchev–Trinajstić information content (AvgIpc) is 3.42. The maximum atomic E-state index is 13.4. The number of aliphatic hydroxyl groups is 1. The maximum Gasteiger partial charge on any atom is 0.317 e. The molecule has 298 valence electrons. The first-order chi connectivity index (χ1) is 24.5. The van der Waals surface area contributed by atoms with Crippen LogP contribution >= 0.6 is 22.6 Å². The van der Waals surface area contributed by atoms with Gasteiger partial charge in [0.1, 0.15) is 26.2 Å². The summed E-state index contributed by atoms with van der Waals surface area (Å²) in [7, 11) is 0. The molecule has 1 rings (SSSR count). The van der Waals surface area contributed by atoms with Gasteiger partial charge in [0.25, 0.3) is 0 Å². The number of ketones is 1. The lowest BCUT2D eigenvalue weighted by Gasteiger charge is -2.14. The van der Waals surface area contributed by atoms with Gasteiger partial charge < -0.3 is 22.3 Å². The van der Waals surface area contributed by atoms with Crippen LogP contribution in [0.25, 0.3) is 0 Å². The number of carbonyl (C=O) groups is 2. The van der Waals surface area contributed by atoms with Gasteiger partial charge in [-0.25, -0.2) is 4.90 Å². The highest BCUT2D eigenvalue weighted by Crippen LogP contribution is 2.19. The van der Waals surface area contributed by atoms with Crippen LogP contribution in [0.3, 0.4) is 0 Å². The van der Waals surface area contributed by atoms with Gasteiger partial charge in [-0.1, -0.05) is 141 Å². The normalized spacial score (nSPS) is 14.7. The lowest BCUT2D eigenvalue weighted by atomic mass is 10.1. The van der Waals surface area contributed by atoms with Crippen molar-refractivity contribution in [3.63, 3.8) is 0 Å². The van der Waals surface area contributed by atoms with Crippen LogP contribution in [0.1, 0.15) is 194 Å². The van der Waals surface area contributed by atoms with E-state index in [4.69, 9.17) is 4.74 Å². The predicted molar refractivity (Wildman–Crippen MR) is 221 cm³/mol. The molecule has 0 saturated heterocycles. The Kier molecular flexibility index (Phi) is 36.7. The van der Waals surface area contributed by atoms with Crippen LogP contribution in [-0.2, 0) is 14.3 Å². The van der Waals surface area contributed by atoms with Gasteiger partial charge in [0.05, 0.1) is 6.61 Å². The van der Waals surface area contributed by atoms with Crippen molar-refractivity contribution in [2.45, 2.75) is 198 Å². The van der Waals surface area contributed by atoms with Crippen molar-refractivity contribution in [2.75, 3.05) is 32.8 Å². The van der Waals surface area contributed by atoms with E-state index in [9.17, 15) is 14.7 Å². The fourth-order valence-corrected chi connectivity index (χ4v) is 7.74. The number of nitrogens with zero attached hydrogens (tertiary/aromatic N) is 2. The van der Waals surface area contributed by atoms with Gasteiger partial charge in [0, 0.05) is 12.8 Å². The number of hydrogen-bond acceptors (Lipinski definition) is 5. The largest absolute Gasteiger partial charge is 1.00 e. The van der Waals surface area contributed by atoms with Crippen molar-refractivity contribution < 1.29 is 36.4 Å². The van der Waals surface area contributed by atoms with Gasteiger partial charge in [0.15, 0.2) is 4.05 Å². The molecule has 0 aromatic carbocycles. The second-order valence-corrected chi connectivity index (χ2v) is 15.9. The Bertz CT molecular complexity index is 926. The molecule has 0 bridgehead atoms. The molecule has 0 radical (unpaired) electrons. The van der Waals surface area contributed by atoms with Crippen molar-refractivity contribution in [1.29, 1.82) is 0 Å². The van der Waals surface area contributed by atoms with E-state index in [2.05, 4.69) is 65.3 Å². The molecular formula is C43H78ClIN2O4. The molecular weight excluding hydrogens is 771 g/mol. The number of amidine groups is 1. The number of hydrogen-bond donors (Lipinski definition) is 1. The molecule has 1 N–H and O–H groups in total. The number of rotatable bonds is 36. The Labute approximate surface area is 334 Å². The van der Waals surface area contributed by atoms with Gasteiger partial charge in [-0.15, -0.1) is 0 Å². The Morgan fingerprint density at radius 2 is 1.10 bits per heavy atom. The van der Waals surface area contributed by atoms with E-state index < -0.39 is 0 Å². The van der Waals surface area contributed by atoms with E-state index in [0.717, 1.165) is 32.1 Å². The van der Waals surface area contributed by atoms with E-state index in [-0.39, 0.29) is 34.8 Å². The van der Waals surface area contributed by atoms with Crippen LogP contribution < -0.4 is 12.4 Å². The number of aliphatic hydroxyl groups excluding tert-OH is 1. The summed E-state index contributed by atoms with van der Waals surface area (Å²) in [5.74, 6) is 0.707. The highest BCUT2D eigenvalue weighted by molar-refractivity contribution is 14.1. The Morgan fingerprint density at radius 3 is 1.55 bits per heavy atom. The van der Waals surface area contributed by atoms with Crippen molar-refractivity contribution in [3.05, 3.63) is 24.3 Å². The highest BCUT2D eigenvalue weighted by Gasteiger charge is 2.41. The zero-order chi connectivity index (χ0) is 36.3. The second-order valence-electron chi connectivity index (χ2n) is 14.4. The van der Waals surface area contributed by atoms with Crippen LogP contribution in [0.15, 0.2) is 24.3 Å². The molecule has 1 aliphatic rings. The summed E-state index contributed by atoms with van der Waals surface area (Å²) in [6.07, 6.45) is 42.6. The molecule has 0 saturated carbocycles. The third kappa shape index (κ3) is 28.2. The Morgan fingerprint density at radius 1 is 0.686 bits per heavy atom. The number of ether oxygens (including phenoxy) is 1. The molecule has 0 aromatic heterocycles. The molecule has 0 amide bonds. The average molecular weight is 849 g/mol. The molecule has 1 atom stereocenters. The molecule has 0 aromatic rings. The number of allylic oxidation sites excluding steroid dienone is 4. The summed E-state index contributed by atoms with van der Waals surface area (Å²) in [6, 6.07) is 0. The Balaban J connectivity index is 0.0000250. The van der Waals surface area contributed by atoms with Crippen molar-refractivity contribution >= 4 is 40.2 Å². The molecule has 1 unspecified atom stereocenters. The minimum absolute atomic E-state index is 0. The number of alkyl halides is 1. The second kappa shape index (κ2) is 37.4. The van der Waals surface area contributed by atoms with Crippen LogP contribution in [0.2, 0.25) is 0 Å². The number of carbonyl (C=O) groups excluding carboxylic acids is 2. The highest BCUT2D eigenvalue weighted by atomic mass is 127. The summed E-state index contributed by atoms with van der Waals surface area (Å²) >= 11 is 2.36. The topological polar surface area (TPSA) is 69.9 Å². The van der Waals surface area contributed by atoms with Gasteiger partial charge in [-0.05, 0) is 86.8 Å². The van der Waals surface area contributed by atoms with Gasteiger partial charge in [-0.2, -0.15) is 0 Å². The summed E-state index contributed by atoms with van der Waals surface area (Å²) in [5, 5.41) is 9.66. The quantitative estimate of drug-likeness (QED) is 0.0130.